The minimum absolute atomic E-state index is 0.00957. The first-order chi connectivity index (χ1) is 14.2. The first-order valence-electron chi connectivity index (χ1n) is 9.94. The molecule has 4 rings (SSSR count). The van der Waals surface area contributed by atoms with E-state index in [4.69, 9.17) is 0 Å². The van der Waals surface area contributed by atoms with Crippen molar-refractivity contribution in [3.05, 3.63) is 70.7 Å². The Labute approximate surface area is 175 Å². The van der Waals surface area contributed by atoms with E-state index in [0.29, 0.717) is 6.54 Å². The highest BCUT2D eigenvalue weighted by Crippen LogP contribution is 2.34. The number of fused-ring (bicyclic) bond motifs is 1. The summed E-state index contributed by atoms with van der Waals surface area (Å²) < 4.78 is 0. The summed E-state index contributed by atoms with van der Waals surface area (Å²) in [5, 5.41) is 15.6. The van der Waals surface area contributed by atoms with Crippen LogP contribution in [0.1, 0.15) is 35.7 Å². The molecule has 2 amide bonds. The van der Waals surface area contributed by atoms with E-state index in [1.165, 1.54) is 11.1 Å². The number of aliphatic hydroxyl groups excluding tert-OH is 1. The van der Waals surface area contributed by atoms with Crippen molar-refractivity contribution in [3.63, 3.8) is 0 Å². The molecule has 1 heterocycles. The molecule has 0 fully saturated rings. The van der Waals surface area contributed by atoms with Crippen LogP contribution in [0.15, 0.2) is 53.9 Å². The number of urea groups is 1. The molecule has 0 bridgehead atoms. The predicted octanol–water partition coefficient (Wildman–Crippen LogP) is 5.02. The first-order valence-corrected chi connectivity index (χ1v) is 10.8. The Morgan fingerprint density at radius 3 is 2.76 bits per heavy atom. The van der Waals surface area contributed by atoms with Crippen LogP contribution in [0.25, 0.3) is 10.6 Å². The molecule has 1 aliphatic rings. The zero-order chi connectivity index (χ0) is 20.2. The molecule has 2 N–H and O–H groups in total. The number of aromatic nitrogens is 1. The number of aliphatic hydroxyl groups is 1. The number of hydrogen-bond donors (Lipinski definition) is 2. The lowest BCUT2D eigenvalue weighted by Gasteiger charge is -2.35. The molecule has 0 saturated carbocycles. The minimum atomic E-state index is -0.182. The third kappa shape index (κ3) is 4.33. The molecule has 0 saturated heterocycles. The molecule has 1 atom stereocenters. The number of amides is 2. The molecule has 6 heteroatoms. The number of carbonyl (C=O) groups is 1. The molecular weight excluding hydrogens is 382 g/mol. The summed E-state index contributed by atoms with van der Waals surface area (Å²) in [6.45, 7) is 2.23. The number of aryl methyl sites for hydroxylation is 2. The zero-order valence-electron chi connectivity index (χ0n) is 16.5. The fraction of sp³-hybridized carbons (Fsp3) is 0.304. The third-order valence-corrected chi connectivity index (χ3v) is 6.33. The molecule has 0 aliphatic heterocycles. The largest absolute Gasteiger partial charge is 0.395 e. The number of carbonyl (C=O) groups excluding carboxylic acids is 1. The average molecular weight is 408 g/mol. The molecule has 0 spiro atoms. The van der Waals surface area contributed by atoms with Gasteiger partial charge in [0.25, 0.3) is 0 Å². The van der Waals surface area contributed by atoms with E-state index >= 15 is 0 Å². The van der Waals surface area contributed by atoms with Crippen molar-refractivity contribution in [2.75, 3.05) is 18.5 Å². The molecule has 1 aliphatic carbocycles. The first kappa shape index (κ1) is 19.6. The van der Waals surface area contributed by atoms with Crippen molar-refractivity contribution in [2.45, 2.75) is 32.2 Å². The molecule has 29 heavy (non-hydrogen) atoms. The van der Waals surface area contributed by atoms with E-state index in [1.54, 1.807) is 16.2 Å². The second-order valence-corrected chi connectivity index (χ2v) is 8.18. The summed E-state index contributed by atoms with van der Waals surface area (Å²) in [5.74, 6) is 0. The zero-order valence-corrected chi connectivity index (χ0v) is 17.3. The second-order valence-electron chi connectivity index (χ2n) is 7.33. The number of thiazole rings is 1. The molecule has 150 valence electrons. The fourth-order valence-electron chi connectivity index (χ4n) is 3.94. The maximum Gasteiger partial charge on any atom is 0.322 e. The SMILES string of the molecule is Cc1csc(-c2ccc(NC(=O)N(CCO)[C@H]3CCCc4ccccc43)cc2)n1. The van der Waals surface area contributed by atoms with Gasteiger partial charge < -0.3 is 15.3 Å². The highest BCUT2D eigenvalue weighted by atomic mass is 32.1. The summed E-state index contributed by atoms with van der Waals surface area (Å²) >= 11 is 1.61. The predicted molar refractivity (Wildman–Crippen MR) is 117 cm³/mol. The number of nitrogens with zero attached hydrogens (tertiary/aromatic N) is 2. The van der Waals surface area contributed by atoms with E-state index in [-0.39, 0.29) is 18.7 Å². The fourth-order valence-corrected chi connectivity index (χ4v) is 4.74. The van der Waals surface area contributed by atoms with Gasteiger partial charge in [0.05, 0.1) is 12.6 Å². The van der Waals surface area contributed by atoms with E-state index in [0.717, 1.165) is 41.2 Å². The van der Waals surface area contributed by atoms with Crippen molar-refractivity contribution in [1.82, 2.24) is 9.88 Å². The summed E-state index contributed by atoms with van der Waals surface area (Å²) in [7, 11) is 0. The quantitative estimate of drug-likeness (QED) is 0.624. The van der Waals surface area contributed by atoms with Crippen molar-refractivity contribution >= 4 is 23.1 Å². The monoisotopic (exact) mass is 407 g/mol. The molecule has 0 radical (unpaired) electrons. The Morgan fingerprint density at radius 2 is 2.03 bits per heavy atom. The summed E-state index contributed by atoms with van der Waals surface area (Å²) in [4.78, 5) is 19.3. The molecule has 2 aromatic carbocycles. The van der Waals surface area contributed by atoms with Crippen LogP contribution < -0.4 is 5.32 Å². The lowest BCUT2D eigenvalue weighted by atomic mass is 9.87. The van der Waals surface area contributed by atoms with Crippen LogP contribution in [0, 0.1) is 6.92 Å². The Hall–Kier alpha value is -2.70. The van der Waals surface area contributed by atoms with Crippen LogP contribution >= 0.6 is 11.3 Å². The van der Waals surface area contributed by atoms with Gasteiger partial charge in [-0.25, -0.2) is 9.78 Å². The number of benzene rings is 2. The van der Waals surface area contributed by atoms with Gasteiger partial charge >= 0.3 is 6.03 Å². The third-order valence-electron chi connectivity index (χ3n) is 5.32. The van der Waals surface area contributed by atoms with Crippen molar-refractivity contribution in [3.8, 4) is 10.6 Å². The summed E-state index contributed by atoms with van der Waals surface area (Å²) in [6, 6.07) is 15.8. The number of rotatable bonds is 5. The van der Waals surface area contributed by atoms with Crippen molar-refractivity contribution in [2.24, 2.45) is 0 Å². The lowest BCUT2D eigenvalue weighted by molar-refractivity contribution is 0.155. The molecule has 0 unspecified atom stereocenters. The van der Waals surface area contributed by atoms with Crippen LogP contribution in [0.2, 0.25) is 0 Å². The molecule has 3 aromatic rings. The second kappa shape index (κ2) is 8.76. The number of anilines is 1. The Morgan fingerprint density at radius 1 is 1.24 bits per heavy atom. The molecular formula is C23H25N3O2S. The van der Waals surface area contributed by atoms with Crippen molar-refractivity contribution in [1.29, 1.82) is 0 Å². The summed E-state index contributed by atoms with van der Waals surface area (Å²) in [5.41, 5.74) is 5.27. The van der Waals surface area contributed by atoms with Gasteiger partial charge in [0, 0.05) is 28.9 Å². The summed E-state index contributed by atoms with van der Waals surface area (Å²) in [6.07, 6.45) is 2.99. The van der Waals surface area contributed by atoms with Gasteiger partial charge in [-0.3, -0.25) is 0 Å². The minimum Gasteiger partial charge on any atom is -0.395 e. The van der Waals surface area contributed by atoms with E-state index < -0.39 is 0 Å². The topological polar surface area (TPSA) is 65.5 Å². The van der Waals surface area contributed by atoms with E-state index in [2.05, 4.69) is 22.4 Å². The van der Waals surface area contributed by atoms with Gasteiger partial charge in [-0.1, -0.05) is 24.3 Å². The van der Waals surface area contributed by atoms with Gasteiger partial charge in [0.1, 0.15) is 5.01 Å². The Bertz CT molecular complexity index is 984. The van der Waals surface area contributed by atoms with E-state index in [1.807, 2.05) is 48.7 Å². The van der Waals surface area contributed by atoms with Gasteiger partial charge in [-0.05, 0) is 61.6 Å². The number of nitrogens with one attached hydrogen (secondary N) is 1. The van der Waals surface area contributed by atoms with Crippen LogP contribution in [0.5, 0.6) is 0 Å². The van der Waals surface area contributed by atoms with Crippen LogP contribution in [-0.4, -0.2) is 34.2 Å². The standard InChI is InChI=1S/C23H25N3O2S/c1-16-15-29-22(24-16)18-9-11-19(12-10-18)25-23(28)26(13-14-27)21-8-4-6-17-5-2-3-7-20(17)21/h2-3,5,7,9-12,15,21,27H,4,6,8,13-14H2,1H3,(H,25,28)/t21-/m0/s1. The van der Waals surface area contributed by atoms with Crippen LogP contribution in [0.4, 0.5) is 10.5 Å². The Kier molecular flexibility index (Phi) is 5.92. The maximum atomic E-state index is 13.1. The highest BCUT2D eigenvalue weighted by Gasteiger charge is 2.28. The van der Waals surface area contributed by atoms with E-state index in [9.17, 15) is 9.90 Å². The van der Waals surface area contributed by atoms with Gasteiger partial charge in [-0.2, -0.15) is 0 Å². The molecule has 1 aromatic heterocycles. The Balaban J connectivity index is 1.51. The number of hydrogen-bond acceptors (Lipinski definition) is 4. The van der Waals surface area contributed by atoms with Crippen LogP contribution in [0.3, 0.4) is 0 Å². The smallest absolute Gasteiger partial charge is 0.322 e. The van der Waals surface area contributed by atoms with Gasteiger partial charge in [0.2, 0.25) is 0 Å². The normalized spacial score (nSPS) is 15.6. The van der Waals surface area contributed by atoms with Crippen LogP contribution in [-0.2, 0) is 6.42 Å². The highest BCUT2D eigenvalue weighted by molar-refractivity contribution is 7.13. The van der Waals surface area contributed by atoms with Crippen molar-refractivity contribution < 1.29 is 9.90 Å². The maximum absolute atomic E-state index is 13.1. The van der Waals surface area contributed by atoms with Gasteiger partial charge in [-0.15, -0.1) is 11.3 Å². The average Bonchev–Trinajstić information content (AvgIpc) is 3.18. The van der Waals surface area contributed by atoms with Gasteiger partial charge in [0.15, 0.2) is 0 Å². The molecule has 5 nitrogen and oxygen atoms in total. The lowest BCUT2D eigenvalue weighted by Crippen LogP contribution is -2.41.